The van der Waals surface area contributed by atoms with Crippen LogP contribution in [-0.2, 0) is 0 Å². The number of non-ortho nitro benzene ring substituents is 1. The van der Waals surface area contributed by atoms with Crippen LogP contribution in [0.4, 0.5) is 17.1 Å². The molecule has 0 bridgehead atoms. The molecule has 1 spiro atoms. The number of aromatic carboxylic acids is 1. The predicted octanol–water partition coefficient (Wildman–Crippen LogP) is 4.64. The lowest BCUT2D eigenvalue weighted by atomic mass is 9.66. The van der Waals surface area contributed by atoms with Crippen LogP contribution in [0.2, 0.25) is 0 Å². The molecule has 2 heterocycles. The Morgan fingerprint density at radius 2 is 1.49 bits per heavy atom. The van der Waals surface area contributed by atoms with Crippen molar-refractivity contribution in [2.75, 3.05) is 49.1 Å². The van der Waals surface area contributed by atoms with E-state index in [1.165, 1.54) is 38.5 Å². The summed E-state index contributed by atoms with van der Waals surface area (Å²) in [5.41, 5.74) is 3.04. The van der Waals surface area contributed by atoms with Gasteiger partial charge in [-0.2, -0.15) is 0 Å². The zero-order chi connectivity index (χ0) is 24.4. The van der Waals surface area contributed by atoms with E-state index in [-0.39, 0.29) is 10.6 Å². The highest BCUT2D eigenvalue weighted by atomic mass is 16.6. The van der Waals surface area contributed by atoms with Gasteiger partial charge in [0.25, 0.3) is 5.69 Å². The second-order valence-corrected chi connectivity index (χ2v) is 10.4. The van der Waals surface area contributed by atoms with Gasteiger partial charge in [-0.3, -0.25) is 15.0 Å². The molecular weight excluding hydrogens is 444 g/mol. The number of hydrogen-bond donors (Lipinski definition) is 1. The molecule has 0 amide bonds. The van der Waals surface area contributed by atoms with Gasteiger partial charge < -0.3 is 14.9 Å². The van der Waals surface area contributed by atoms with Gasteiger partial charge >= 0.3 is 5.97 Å². The summed E-state index contributed by atoms with van der Waals surface area (Å²) in [6.45, 7) is 6.02. The Kier molecular flexibility index (Phi) is 6.65. The quantitative estimate of drug-likeness (QED) is 0.494. The van der Waals surface area contributed by atoms with E-state index in [0.29, 0.717) is 17.0 Å². The second-order valence-electron chi connectivity index (χ2n) is 10.4. The number of hydrogen-bond acceptors (Lipinski definition) is 6. The Hall–Kier alpha value is -3.13. The minimum Gasteiger partial charge on any atom is -0.478 e. The number of carboxylic acid groups (broad SMARTS) is 1. The maximum Gasteiger partial charge on any atom is 0.335 e. The Labute approximate surface area is 206 Å². The van der Waals surface area contributed by atoms with Crippen LogP contribution in [0.1, 0.15) is 48.9 Å². The molecule has 0 radical (unpaired) electrons. The first-order chi connectivity index (χ1) is 16.9. The van der Waals surface area contributed by atoms with E-state index in [9.17, 15) is 20.0 Å². The Morgan fingerprint density at radius 3 is 2.09 bits per heavy atom. The molecule has 0 aromatic heterocycles. The SMILES string of the molecule is O=C(O)c1cccc(N2CCC3(CCC(N4CCN(c5ccc([N+](=O)[O-])cc5)CC4)CC3)CC2)c1. The number of nitro benzene ring substituents is 1. The molecule has 35 heavy (non-hydrogen) atoms. The minimum atomic E-state index is -0.868. The molecular formula is C27H34N4O4. The molecule has 8 heteroatoms. The maximum absolute atomic E-state index is 11.3. The van der Waals surface area contributed by atoms with Gasteiger partial charge in [-0.05, 0) is 74.3 Å². The number of carbonyl (C=O) groups is 1. The van der Waals surface area contributed by atoms with Crippen molar-refractivity contribution in [2.24, 2.45) is 5.41 Å². The monoisotopic (exact) mass is 478 g/mol. The zero-order valence-corrected chi connectivity index (χ0v) is 20.1. The lowest BCUT2D eigenvalue weighted by molar-refractivity contribution is -0.384. The average Bonchev–Trinajstić information content (AvgIpc) is 2.90. The van der Waals surface area contributed by atoms with Crippen LogP contribution in [0, 0.1) is 15.5 Å². The van der Waals surface area contributed by atoms with Crippen molar-refractivity contribution in [3.63, 3.8) is 0 Å². The van der Waals surface area contributed by atoms with E-state index in [2.05, 4.69) is 14.7 Å². The highest BCUT2D eigenvalue weighted by Crippen LogP contribution is 2.46. The first-order valence-corrected chi connectivity index (χ1v) is 12.7. The normalized spacial score (nSPS) is 21.3. The van der Waals surface area contributed by atoms with Crippen LogP contribution in [0.5, 0.6) is 0 Å². The fraction of sp³-hybridized carbons (Fsp3) is 0.519. The summed E-state index contributed by atoms with van der Waals surface area (Å²) < 4.78 is 0. The predicted molar refractivity (Wildman–Crippen MR) is 136 cm³/mol. The summed E-state index contributed by atoms with van der Waals surface area (Å²) in [7, 11) is 0. The van der Waals surface area contributed by atoms with E-state index < -0.39 is 5.97 Å². The standard InChI is InChI=1S/C27H34N4O4/c32-26(33)21-2-1-3-25(20-21)28-14-12-27(13-15-28)10-8-23(9-11-27)30-18-16-29(17-19-30)22-4-6-24(7-5-22)31(34)35/h1-7,20,23H,8-19H2,(H,32,33). The number of anilines is 2. The summed E-state index contributed by atoms with van der Waals surface area (Å²) in [6, 6.07) is 14.9. The Balaban J connectivity index is 1.09. The number of carboxylic acids is 1. The molecule has 0 unspecified atom stereocenters. The van der Waals surface area contributed by atoms with Crippen LogP contribution in [0.3, 0.4) is 0 Å². The topological polar surface area (TPSA) is 90.2 Å². The summed E-state index contributed by atoms with van der Waals surface area (Å²) in [6.07, 6.45) is 7.44. The number of piperazine rings is 1. The van der Waals surface area contributed by atoms with Gasteiger partial charge in [-0.15, -0.1) is 0 Å². The van der Waals surface area contributed by atoms with Crippen molar-refractivity contribution in [3.05, 3.63) is 64.2 Å². The molecule has 1 aliphatic carbocycles. The number of benzene rings is 2. The van der Waals surface area contributed by atoms with Crippen molar-refractivity contribution < 1.29 is 14.8 Å². The van der Waals surface area contributed by atoms with Crippen molar-refractivity contribution >= 4 is 23.0 Å². The van der Waals surface area contributed by atoms with E-state index in [4.69, 9.17) is 0 Å². The highest BCUT2D eigenvalue weighted by molar-refractivity contribution is 5.88. The van der Waals surface area contributed by atoms with Crippen LogP contribution < -0.4 is 9.80 Å². The number of nitro groups is 1. The molecule has 3 fully saturated rings. The lowest BCUT2D eigenvalue weighted by Gasteiger charge is -2.49. The highest BCUT2D eigenvalue weighted by Gasteiger charge is 2.39. The summed E-state index contributed by atoms with van der Waals surface area (Å²) in [4.78, 5) is 29.2. The third-order valence-electron chi connectivity index (χ3n) is 8.55. The van der Waals surface area contributed by atoms with E-state index in [0.717, 1.165) is 50.6 Å². The van der Waals surface area contributed by atoms with Crippen LogP contribution >= 0.6 is 0 Å². The minimum absolute atomic E-state index is 0.142. The summed E-state index contributed by atoms with van der Waals surface area (Å²) in [5.74, 6) is -0.868. The molecule has 2 aliphatic heterocycles. The van der Waals surface area contributed by atoms with Crippen molar-refractivity contribution in [1.29, 1.82) is 0 Å². The first kappa shape index (κ1) is 23.6. The van der Waals surface area contributed by atoms with Crippen LogP contribution in [0.25, 0.3) is 0 Å². The molecule has 5 rings (SSSR count). The molecule has 3 aliphatic rings. The van der Waals surface area contributed by atoms with Gasteiger partial charge in [0.1, 0.15) is 0 Å². The molecule has 1 N–H and O–H groups in total. The molecule has 0 atom stereocenters. The van der Waals surface area contributed by atoms with E-state index >= 15 is 0 Å². The largest absolute Gasteiger partial charge is 0.478 e. The molecule has 186 valence electrons. The molecule has 2 aromatic carbocycles. The molecule has 8 nitrogen and oxygen atoms in total. The van der Waals surface area contributed by atoms with Gasteiger partial charge in [-0.1, -0.05) is 6.07 Å². The number of nitrogens with zero attached hydrogens (tertiary/aromatic N) is 4. The van der Waals surface area contributed by atoms with Crippen LogP contribution in [0.15, 0.2) is 48.5 Å². The van der Waals surface area contributed by atoms with Crippen molar-refractivity contribution in [3.8, 4) is 0 Å². The fourth-order valence-electron chi connectivity index (χ4n) is 6.29. The van der Waals surface area contributed by atoms with Crippen molar-refractivity contribution in [2.45, 2.75) is 44.6 Å². The van der Waals surface area contributed by atoms with Gasteiger partial charge in [-0.25, -0.2) is 4.79 Å². The zero-order valence-electron chi connectivity index (χ0n) is 20.1. The van der Waals surface area contributed by atoms with Crippen LogP contribution in [-0.4, -0.2) is 66.2 Å². The number of rotatable bonds is 5. The summed E-state index contributed by atoms with van der Waals surface area (Å²) >= 11 is 0. The smallest absolute Gasteiger partial charge is 0.335 e. The molecule has 2 saturated heterocycles. The number of piperidine rings is 1. The lowest BCUT2D eigenvalue weighted by Crippen LogP contribution is -2.52. The van der Waals surface area contributed by atoms with Gasteiger partial charge in [0, 0.05) is 68.8 Å². The van der Waals surface area contributed by atoms with E-state index in [1.54, 1.807) is 24.3 Å². The Morgan fingerprint density at radius 1 is 0.857 bits per heavy atom. The third-order valence-corrected chi connectivity index (χ3v) is 8.55. The van der Waals surface area contributed by atoms with Gasteiger partial charge in [0.05, 0.1) is 10.5 Å². The Bertz CT molecular complexity index is 1050. The molecule has 2 aromatic rings. The maximum atomic E-state index is 11.3. The van der Waals surface area contributed by atoms with Crippen molar-refractivity contribution in [1.82, 2.24) is 4.90 Å². The summed E-state index contributed by atoms with van der Waals surface area (Å²) in [5, 5.41) is 20.2. The molecule has 1 saturated carbocycles. The fourth-order valence-corrected chi connectivity index (χ4v) is 6.29. The first-order valence-electron chi connectivity index (χ1n) is 12.7. The third kappa shape index (κ3) is 5.12. The van der Waals surface area contributed by atoms with Gasteiger partial charge in [0.2, 0.25) is 0 Å². The second kappa shape index (κ2) is 9.85. The van der Waals surface area contributed by atoms with Gasteiger partial charge in [0.15, 0.2) is 0 Å². The average molecular weight is 479 g/mol. The van der Waals surface area contributed by atoms with E-state index in [1.807, 2.05) is 24.3 Å².